The first-order valence-corrected chi connectivity index (χ1v) is 11.2. The van der Waals surface area contributed by atoms with Gasteiger partial charge in [0.15, 0.2) is 0 Å². The third kappa shape index (κ3) is 5.48. The average Bonchev–Trinajstić information content (AvgIpc) is 2.72. The van der Waals surface area contributed by atoms with E-state index in [0.29, 0.717) is 10.7 Å². The van der Waals surface area contributed by atoms with Gasteiger partial charge in [0.1, 0.15) is 0 Å². The van der Waals surface area contributed by atoms with Crippen molar-refractivity contribution in [3.63, 3.8) is 0 Å². The molecule has 0 aliphatic carbocycles. The SMILES string of the molecule is Cc1ccc(CN(CC(=O)Nc2ccc(C)c(Cl)c2)S(=O)(=O)c2ccccc2)cc1. The molecule has 0 spiro atoms. The minimum Gasteiger partial charge on any atom is -0.325 e. The van der Waals surface area contributed by atoms with Crippen molar-refractivity contribution in [2.24, 2.45) is 0 Å². The number of nitrogens with one attached hydrogen (secondary N) is 1. The molecule has 0 aliphatic rings. The van der Waals surface area contributed by atoms with Crippen LogP contribution in [0.25, 0.3) is 0 Å². The largest absolute Gasteiger partial charge is 0.325 e. The van der Waals surface area contributed by atoms with Crippen molar-refractivity contribution >= 4 is 33.2 Å². The Labute approximate surface area is 182 Å². The lowest BCUT2D eigenvalue weighted by atomic mass is 10.1. The fourth-order valence-electron chi connectivity index (χ4n) is 2.90. The van der Waals surface area contributed by atoms with Crippen molar-refractivity contribution in [3.05, 3.63) is 94.5 Å². The van der Waals surface area contributed by atoms with E-state index in [1.165, 1.54) is 16.4 Å². The van der Waals surface area contributed by atoms with Gasteiger partial charge < -0.3 is 5.32 Å². The van der Waals surface area contributed by atoms with Crippen LogP contribution >= 0.6 is 11.6 Å². The van der Waals surface area contributed by atoms with Crippen molar-refractivity contribution in [1.29, 1.82) is 0 Å². The zero-order valence-corrected chi connectivity index (χ0v) is 18.4. The Hall–Kier alpha value is -2.67. The van der Waals surface area contributed by atoms with E-state index in [0.717, 1.165) is 16.7 Å². The molecule has 3 aromatic rings. The smallest absolute Gasteiger partial charge is 0.243 e. The fraction of sp³-hybridized carbons (Fsp3) is 0.174. The number of hydrogen-bond acceptors (Lipinski definition) is 3. The molecule has 1 N–H and O–H groups in total. The predicted octanol–water partition coefficient (Wildman–Crippen LogP) is 4.79. The van der Waals surface area contributed by atoms with Gasteiger partial charge in [-0.05, 0) is 49.2 Å². The molecule has 3 aromatic carbocycles. The Balaban J connectivity index is 1.85. The second kappa shape index (κ2) is 9.43. The fourth-order valence-corrected chi connectivity index (χ4v) is 4.48. The highest BCUT2D eigenvalue weighted by Gasteiger charge is 2.27. The number of aryl methyl sites for hydroxylation is 2. The van der Waals surface area contributed by atoms with E-state index in [9.17, 15) is 13.2 Å². The number of sulfonamides is 1. The van der Waals surface area contributed by atoms with E-state index in [-0.39, 0.29) is 18.0 Å². The van der Waals surface area contributed by atoms with E-state index in [1.807, 2.05) is 38.1 Å². The van der Waals surface area contributed by atoms with E-state index < -0.39 is 15.9 Å². The molecule has 1 amide bonds. The van der Waals surface area contributed by atoms with Crippen LogP contribution in [0.4, 0.5) is 5.69 Å². The summed E-state index contributed by atoms with van der Waals surface area (Å²) in [6.07, 6.45) is 0. The highest BCUT2D eigenvalue weighted by atomic mass is 35.5. The summed E-state index contributed by atoms with van der Waals surface area (Å²) in [6.45, 7) is 3.59. The number of amides is 1. The molecule has 0 aromatic heterocycles. The zero-order valence-electron chi connectivity index (χ0n) is 16.8. The Morgan fingerprint density at radius 3 is 2.27 bits per heavy atom. The quantitative estimate of drug-likeness (QED) is 0.572. The van der Waals surface area contributed by atoms with Gasteiger partial charge in [0.2, 0.25) is 15.9 Å². The van der Waals surface area contributed by atoms with Crippen molar-refractivity contribution < 1.29 is 13.2 Å². The van der Waals surface area contributed by atoms with Gasteiger partial charge in [-0.25, -0.2) is 8.42 Å². The second-order valence-electron chi connectivity index (χ2n) is 7.08. The van der Waals surface area contributed by atoms with Crippen LogP contribution in [0.3, 0.4) is 0 Å². The van der Waals surface area contributed by atoms with Crippen LogP contribution in [0.2, 0.25) is 5.02 Å². The highest BCUT2D eigenvalue weighted by Crippen LogP contribution is 2.21. The monoisotopic (exact) mass is 442 g/mol. The third-order valence-corrected chi connectivity index (χ3v) is 6.85. The van der Waals surface area contributed by atoms with Gasteiger partial charge in [0.25, 0.3) is 0 Å². The van der Waals surface area contributed by atoms with Gasteiger partial charge >= 0.3 is 0 Å². The van der Waals surface area contributed by atoms with Gasteiger partial charge in [0, 0.05) is 17.3 Å². The highest BCUT2D eigenvalue weighted by molar-refractivity contribution is 7.89. The van der Waals surface area contributed by atoms with Crippen molar-refractivity contribution in [3.8, 4) is 0 Å². The summed E-state index contributed by atoms with van der Waals surface area (Å²) in [6, 6.07) is 20.8. The number of anilines is 1. The summed E-state index contributed by atoms with van der Waals surface area (Å²) in [7, 11) is -3.87. The summed E-state index contributed by atoms with van der Waals surface area (Å²) in [5.74, 6) is -0.443. The number of benzene rings is 3. The Kier molecular flexibility index (Phi) is 6.92. The topological polar surface area (TPSA) is 66.5 Å². The lowest BCUT2D eigenvalue weighted by molar-refractivity contribution is -0.116. The number of rotatable bonds is 7. The van der Waals surface area contributed by atoms with Gasteiger partial charge in [0.05, 0.1) is 11.4 Å². The van der Waals surface area contributed by atoms with Crippen molar-refractivity contribution in [1.82, 2.24) is 4.31 Å². The maximum atomic E-state index is 13.2. The molecule has 30 heavy (non-hydrogen) atoms. The standard InChI is InChI=1S/C23H23ClN2O3S/c1-17-8-11-19(12-9-17)15-26(30(28,29)21-6-4-3-5-7-21)16-23(27)25-20-13-10-18(2)22(24)14-20/h3-14H,15-16H2,1-2H3,(H,25,27). The molecule has 0 unspecified atom stereocenters. The summed E-state index contributed by atoms with van der Waals surface area (Å²) < 4.78 is 27.6. The van der Waals surface area contributed by atoms with Crippen molar-refractivity contribution in [2.75, 3.05) is 11.9 Å². The number of halogens is 1. The summed E-state index contributed by atoms with van der Waals surface area (Å²) in [5, 5.41) is 3.26. The number of nitrogens with zero attached hydrogens (tertiary/aromatic N) is 1. The molecular formula is C23H23ClN2O3S. The van der Waals surface area contributed by atoms with E-state index in [1.54, 1.807) is 36.4 Å². The second-order valence-corrected chi connectivity index (χ2v) is 9.43. The molecule has 5 nitrogen and oxygen atoms in total. The van der Waals surface area contributed by atoms with Crippen LogP contribution in [0, 0.1) is 13.8 Å². The molecule has 0 atom stereocenters. The predicted molar refractivity (Wildman–Crippen MR) is 120 cm³/mol. The van der Waals surface area contributed by atoms with Crippen LogP contribution in [-0.4, -0.2) is 25.2 Å². The van der Waals surface area contributed by atoms with E-state index >= 15 is 0 Å². The average molecular weight is 443 g/mol. The lowest BCUT2D eigenvalue weighted by Crippen LogP contribution is -2.37. The summed E-state index contributed by atoms with van der Waals surface area (Å²) in [5.41, 5.74) is 3.28. The van der Waals surface area contributed by atoms with Crippen molar-refractivity contribution in [2.45, 2.75) is 25.3 Å². The minimum absolute atomic E-state index is 0.0829. The molecule has 0 saturated heterocycles. The van der Waals surface area contributed by atoms with Gasteiger partial charge in [-0.15, -0.1) is 0 Å². The van der Waals surface area contributed by atoms with E-state index in [2.05, 4.69) is 5.32 Å². The molecule has 156 valence electrons. The van der Waals surface area contributed by atoms with Crippen LogP contribution in [0.1, 0.15) is 16.7 Å². The molecule has 0 fully saturated rings. The first-order valence-electron chi connectivity index (χ1n) is 9.42. The van der Waals surface area contributed by atoms with Crippen LogP contribution < -0.4 is 5.32 Å². The molecule has 0 saturated carbocycles. The minimum atomic E-state index is -3.87. The number of hydrogen-bond donors (Lipinski definition) is 1. The maximum Gasteiger partial charge on any atom is 0.243 e. The van der Waals surface area contributed by atoms with Crippen LogP contribution in [0.15, 0.2) is 77.7 Å². The van der Waals surface area contributed by atoms with Gasteiger partial charge in [-0.1, -0.05) is 65.7 Å². The first kappa shape index (κ1) is 22.0. The molecule has 0 radical (unpaired) electrons. The normalized spacial score (nSPS) is 11.5. The van der Waals surface area contributed by atoms with Crippen LogP contribution in [-0.2, 0) is 21.4 Å². The lowest BCUT2D eigenvalue weighted by Gasteiger charge is -2.22. The molecule has 7 heteroatoms. The van der Waals surface area contributed by atoms with Gasteiger partial charge in [-0.3, -0.25) is 4.79 Å². The maximum absolute atomic E-state index is 13.2. The molecular weight excluding hydrogens is 420 g/mol. The molecule has 0 aliphatic heterocycles. The number of carbonyl (C=O) groups is 1. The summed E-state index contributed by atoms with van der Waals surface area (Å²) >= 11 is 6.12. The Morgan fingerprint density at radius 2 is 1.63 bits per heavy atom. The van der Waals surface area contributed by atoms with Crippen LogP contribution in [0.5, 0.6) is 0 Å². The summed E-state index contributed by atoms with van der Waals surface area (Å²) in [4.78, 5) is 12.8. The van der Waals surface area contributed by atoms with Gasteiger partial charge in [-0.2, -0.15) is 4.31 Å². The Bertz CT molecular complexity index is 1130. The van der Waals surface area contributed by atoms with E-state index in [4.69, 9.17) is 11.6 Å². The first-order chi connectivity index (χ1) is 14.3. The zero-order chi connectivity index (χ0) is 21.7. The number of carbonyl (C=O) groups excluding carboxylic acids is 1. The molecule has 0 bridgehead atoms. The molecule has 0 heterocycles. The Morgan fingerprint density at radius 1 is 0.967 bits per heavy atom. The molecule has 3 rings (SSSR count). The third-order valence-electron chi connectivity index (χ3n) is 4.64.